The lowest BCUT2D eigenvalue weighted by atomic mass is 9.87. The molecule has 4 bridgehead atoms. The van der Waals surface area contributed by atoms with Crippen molar-refractivity contribution in [3.63, 3.8) is 0 Å². The van der Waals surface area contributed by atoms with Crippen LogP contribution in [0.3, 0.4) is 0 Å². The highest BCUT2D eigenvalue weighted by Crippen LogP contribution is 2.36. The zero-order valence-electron chi connectivity index (χ0n) is 29.3. The second kappa shape index (κ2) is 13.2. The number of hydrogen-bond donors (Lipinski definition) is 1. The molecule has 1 N–H and O–H groups in total. The number of aryl methyl sites for hydroxylation is 2. The van der Waals surface area contributed by atoms with Crippen LogP contribution in [0.2, 0.25) is 0 Å². The monoisotopic (exact) mass is 683 g/mol. The molecule has 1 unspecified atom stereocenters. The Bertz CT molecular complexity index is 1950. The Kier molecular flexibility index (Phi) is 9.27. The van der Waals surface area contributed by atoms with E-state index in [1.807, 2.05) is 44.3 Å². The summed E-state index contributed by atoms with van der Waals surface area (Å²) < 4.78 is 42.3. The summed E-state index contributed by atoms with van der Waals surface area (Å²) in [5.74, 6) is 0.0256. The number of benzene rings is 2. The van der Waals surface area contributed by atoms with Crippen LogP contribution in [0.4, 0.5) is 5.95 Å². The summed E-state index contributed by atoms with van der Waals surface area (Å²) in [5.41, 5.74) is 5.07. The SMILES string of the molecule is Cc1cccc(C)c1-c1cc2nc(n1)NS(=O)(=O)c1cccc(c1)C(=O)N(Cc1ccc(C3COC(C)(C)C3)cn1)[C@H](CC(C)(C)C)CO2. The number of carbonyl (C=O) groups excluding carboxylic acids is 1. The van der Waals surface area contributed by atoms with Gasteiger partial charge >= 0.3 is 0 Å². The maximum Gasteiger partial charge on any atom is 0.264 e. The minimum Gasteiger partial charge on any atom is -0.475 e. The molecule has 11 heteroatoms. The van der Waals surface area contributed by atoms with Crippen molar-refractivity contribution in [3.8, 4) is 17.1 Å². The highest BCUT2D eigenvalue weighted by atomic mass is 32.2. The Balaban J connectivity index is 1.43. The molecule has 10 nitrogen and oxygen atoms in total. The standard InChI is InChI=1S/C38H45N5O5S/c1-24-10-8-11-25(2)34(24)32-17-33-41-36(40-32)42-49(45,46)31-13-9-12-26(16-31)35(44)43(30(23-47-33)19-37(3,4)5)21-29-15-14-27(20-39-29)28-18-38(6,7)48-22-28/h8-17,20,28,30H,18-19,21-23H2,1-7H3,(H,40,41,42)/t28?,30-/m1/s1. The Hall–Kier alpha value is -4.35. The van der Waals surface area contributed by atoms with Crippen LogP contribution >= 0.6 is 0 Å². The molecule has 6 rings (SSSR count). The summed E-state index contributed by atoms with van der Waals surface area (Å²) >= 11 is 0. The van der Waals surface area contributed by atoms with Crippen molar-refractivity contribution in [1.29, 1.82) is 0 Å². The van der Waals surface area contributed by atoms with Gasteiger partial charge in [0.15, 0.2) is 0 Å². The van der Waals surface area contributed by atoms with E-state index in [-0.39, 0.29) is 58.3 Å². The number of hydrogen-bond acceptors (Lipinski definition) is 8. The van der Waals surface area contributed by atoms with Crippen molar-refractivity contribution < 1.29 is 22.7 Å². The summed E-state index contributed by atoms with van der Waals surface area (Å²) in [7, 11) is -4.17. The molecule has 4 heterocycles. The normalized spacial score (nSPS) is 20.4. The van der Waals surface area contributed by atoms with Crippen molar-refractivity contribution in [3.05, 3.63) is 94.8 Å². The van der Waals surface area contributed by atoms with Gasteiger partial charge in [0.05, 0.1) is 41.1 Å². The van der Waals surface area contributed by atoms with Crippen molar-refractivity contribution in [1.82, 2.24) is 19.9 Å². The maximum atomic E-state index is 14.5. The fourth-order valence-corrected chi connectivity index (χ4v) is 7.73. The molecule has 2 aliphatic heterocycles. The van der Waals surface area contributed by atoms with E-state index in [9.17, 15) is 13.2 Å². The number of anilines is 1. The van der Waals surface area contributed by atoms with Gasteiger partial charge in [-0.05, 0) is 86.9 Å². The van der Waals surface area contributed by atoms with Gasteiger partial charge in [0, 0.05) is 29.3 Å². The largest absolute Gasteiger partial charge is 0.475 e. The minimum atomic E-state index is -4.17. The molecule has 49 heavy (non-hydrogen) atoms. The molecule has 0 saturated carbocycles. The van der Waals surface area contributed by atoms with Crippen LogP contribution in [0.5, 0.6) is 5.88 Å². The van der Waals surface area contributed by atoms with E-state index in [2.05, 4.69) is 55.4 Å². The van der Waals surface area contributed by atoms with Gasteiger partial charge < -0.3 is 14.4 Å². The fourth-order valence-electron chi connectivity index (χ4n) is 6.74. The van der Waals surface area contributed by atoms with Crippen LogP contribution in [0.15, 0.2) is 71.8 Å². The van der Waals surface area contributed by atoms with Gasteiger partial charge in [-0.15, -0.1) is 0 Å². The second-order valence-corrected chi connectivity index (χ2v) is 16.7. The molecule has 0 aliphatic carbocycles. The van der Waals surface area contributed by atoms with Gasteiger partial charge in [-0.25, -0.2) is 18.1 Å². The van der Waals surface area contributed by atoms with Crippen LogP contribution in [0.1, 0.15) is 86.1 Å². The number of nitrogens with one attached hydrogen (secondary N) is 1. The third kappa shape index (κ3) is 7.94. The summed E-state index contributed by atoms with van der Waals surface area (Å²) in [4.78, 5) is 30.0. The molecule has 1 amide bonds. The number of carbonyl (C=O) groups is 1. The van der Waals surface area contributed by atoms with E-state index in [0.29, 0.717) is 24.4 Å². The Morgan fingerprint density at radius 2 is 1.71 bits per heavy atom. The lowest BCUT2D eigenvalue weighted by Crippen LogP contribution is -2.45. The number of rotatable bonds is 5. The topological polar surface area (TPSA) is 124 Å². The predicted octanol–water partition coefficient (Wildman–Crippen LogP) is 7.08. The molecule has 2 aliphatic rings. The summed E-state index contributed by atoms with van der Waals surface area (Å²) in [5, 5.41) is 0. The summed E-state index contributed by atoms with van der Waals surface area (Å²) in [6, 6.07) is 17.3. The summed E-state index contributed by atoms with van der Waals surface area (Å²) in [6.45, 7) is 15.5. The highest BCUT2D eigenvalue weighted by molar-refractivity contribution is 7.92. The van der Waals surface area contributed by atoms with Crippen molar-refractivity contribution in [2.45, 2.75) is 90.3 Å². The van der Waals surface area contributed by atoms with E-state index in [0.717, 1.165) is 28.7 Å². The lowest BCUT2D eigenvalue weighted by Gasteiger charge is -2.35. The zero-order chi connectivity index (χ0) is 35.1. The number of aromatic nitrogens is 3. The lowest BCUT2D eigenvalue weighted by molar-refractivity contribution is 0.0360. The number of sulfonamides is 1. The smallest absolute Gasteiger partial charge is 0.264 e. The van der Waals surface area contributed by atoms with Gasteiger partial charge in [-0.2, -0.15) is 4.98 Å². The minimum absolute atomic E-state index is 0.0716. The van der Waals surface area contributed by atoms with E-state index in [1.165, 1.54) is 12.1 Å². The highest BCUT2D eigenvalue weighted by Gasteiger charge is 2.34. The first-order valence-corrected chi connectivity index (χ1v) is 18.2. The fraction of sp³-hybridized carbons (Fsp3) is 0.421. The molecule has 0 radical (unpaired) electrons. The zero-order valence-corrected chi connectivity index (χ0v) is 30.1. The Morgan fingerprint density at radius 3 is 2.37 bits per heavy atom. The summed E-state index contributed by atoms with van der Waals surface area (Å²) in [6.07, 6.45) is 3.39. The molecule has 4 aromatic rings. The molecule has 2 aromatic heterocycles. The average molecular weight is 684 g/mol. The van der Waals surface area contributed by atoms with Crippen molar-refractivity contribution >= 4 is 21.9 Å². The molecule has 1 saturated heterocycles. The molecule has 0 spiro atoms. The van der Waals surface area contributed by atoms with Gasteiger partial charge in [-0.3, -0.25) is 9.78 Å². The maximum absolute atomic E-state index is 14.5. The number of pyridine rings is 1. The molecular formula is C38H45N5O5S. The van der Waals surface area contributed by atoms with E-state index in [1.54, 1.807) is 23.1 Å². The molecule has 258 valence electrons. The molecule has 1 fully saturated rings. The van der Waals surface area contributed by atoms with Crippen molar-refractivity contribution in [2.75, 3.05) is 17.9 Å². The number of ether oxygens (including phenoxy) is 2. The van der Waals surface area contributed by atoms with Gasteiger partial charge in [0.25, 0.3) is 15.9 Å². The van der Waals surface area contributed by atoms with E-state index >= 15 is 0 Å². The van der Waals surface area contributed by atoms with Crippen LogP contribution < -0.4 is 9.46 Å². The van der Waals surface area contributed by atoms with Gasteiger partial charge in [0.2, 0.25) is 11.8 Å². The number of nitrogens with zero attached hydrogens (tertiary/aromatic N) is 4. The van der Waals surface area contributed by atoms with Crippen molar-refractivity contribution in [2.24, 2.45) is 5.41 Å². The first-order chi connectivity index (χ1) is 23.1. The van der Waals surface area contributed by atoms with Crippen LogP contribution in [-0.4, -0.2) is 59.0 Å². The molecular weight excluding hydrogens is 639 g/mol. The predicted molar refractivity (Wildman–Crippen MR) is 189 cm³/mol. The van der Waals surface area contributed by atoms with E-state index in [4.69, 9.17) is 14.5 Å². The second-order valence-electron chi connectivity index (χ2n) is 15.0. The first-order valence-electron chi connectivity index (χ1n) is 16.7. The molecule has 2 aromatic carbocycles. The first kappa shape index (κ1) is 34.5. The van der Waals surface area contributed by atoms with Crippen LogP contribution in [0, 0.1) is 19.3 Å². The third-order valence-electron chi connectivity index (χ3n) is 9.09. The number of amides is 1. The molecule has 2 atom stereocenters. The van der Waals surface area contributed by atoms with Gasteiger partial charge in [0.1, 0.15) is 6.61 Å². The van der Waals surface area contributed by atoms with Gasteiger partial charge in [-0.1, -0.05) is 51.1 Å². The average Bonchev–Trinajstić information content (AvgIpc) is 3.40. The third-order valence-corrected chi connectivity index (χ3v) is 10.4. The van der Waals surface area contributed by atoms with E-state index < -0.39 is 16.1 Å². The van der Waals surface area contributed by atoms with Crippen LogP contribution in [-0.2, 0) is 21.3 Å². The Morgan fingerprint density at radius 1 is 0.980 bits per heavy atom. The number of fused-ring (bicyclic) bond motifs is 4. The quantitative estimate of drug-likeness (QED) is 0.237. The van der Waals surface area contributed by atoms with Crippen LogP contribution in [0.25, 0.3) is 11.3 Å². The Labute approximate surface area is 289 Å².